The van der Waals surface area contributed by atoms with E-state index in [9.17, 15) is 19.7 Å². The molecule has 7 heteroatoms. The van der Waals surface area contributed by atoms with Crippen LogP contribution in [-0.4, -0.2) is 29.2 Å². The highest BCUT2D eigenvalue weighted by molar-refractivity contribution is 6.09. The molecule has 0 aliphatic carbocycles. The lowest BCUT2D eigenvalue weighted by molar-refractivity contribution is -0.384. The van der Waals surface area contributed by atoms with Crippen molar-refractivity contribution < 1.29 is 14.5 Å². The first-order chi connectivity index (χ1) is 9.47. The Hall–Kier alpha value is -2.70. The van der Waals surface area contributed by atoms with Gasteiger partial charge in [0.25, 0.3) is 11.6 Å². The SMILES string of the molecule is CC1CNC(=CC(=O)c2cccc([N+](=O)[O-])c2)C(=O)N1. The van der Waals surface area contributed by atoms with Crippen LogP contribution < -0.4 is 10.6 Å². The van der Waals surface area contributed by atoms with Crippen molar-refractivity contribution in [3.63, 3.8) is 0 Å². The summed E-state index contributed by atoms with van der Waals surface area (Å²) in [5.74, 6) is -0.816. The number of rotatable bonds is 3. The van der Waals surface area contributed by atoms with E-state index in [4.69, 9.17) is 0 Å². The number of piperazine rings is 1. The molecule has 0 saturated carbocycles. The van der Waals surface area contributed by atoms with Crippen LogP contribution in [0.4, 0.5) is 5.69 Å². The maximum atomic E-state index is 12.0. The molecule has 1 aliphatic rings. The Bertz CT molecular complexity index is 609. The third-order valence-electron chi connectivity index (χ3n) is 2.84. The number of carbonyl (C=O) groups excluding carboxylic acids is 2. The van der Waals surface area contributed by atoms with Crippen LogP contribution in [0.3, 0.4) is 0 Å². The second-order valence-electron chi connectivity index (χ2n) is 4.49. The number of nitrogens with zero attached hydrogens (tertiary/aromatic N) is 1. The van der Waals surface area contributed by atoms with Crippen molar-refractivity contribution in [2.75, 3.05) is 6.54 Å². The molecule has 1 saturated heterocycles. The fourth-order valence-corrected chi connectivity index (χ4v) is 1.80. The maximum absolute atomic E-state index is 12.0. The van der Waals surface area contributed by atoms with Gasteiger partial charge in [0.15, 0.2) is 5.78 Å². The normalized spacial score (nSPS) is 20.1. The summed E-state index contributed by atoms with van der Waals surface area (Å²) < 4.78 is 0. The molecule has 104 valence electrons. The minimum absolute atomic E-state index is 0.00688. The number of nitro benzene ring substituents is 1. The zero-order valence-corrected chi connectivity index (χ0v) is 10.8. The molecular weight excluding hydrogens is 262 g/mol. The molecule has 1 heterocycles. The Morgan fingerprint density at radius 2 is 2.25 bits per heavy atom. The number of allylic oxidation sites excluding steroid dienone is 1. The fourth-order valence-electron chi connectivity index (χ4n) is 1.80. The van der Waals surface area contributed by atoms with Gasteiger partial charge in [0.1, 0.15) is 5.70 Å². The van der Waals surface area contributed by atoms with Crippen molar-refractivity contribution in [2.24, 2.45) is 0 Å². The first-order valence-corrected chi connectivity index (χ1v) is 6.02. The molecule has 0 radical (unpaired) electrons. The predicted octanol–water partition coefficient (Wildman–Crippen LogP) is 0.769. The Balaban J connectivity index is 2.22. The van der Waals surface area contributed by atoms with Gasteiger partial charge in [-0.3, -0.25) is 19.7 Å². The van der Waals surface area contributed by atoms with Crippen LogP contribution in [0.5, 0.6) is 0 Å². The lowest BCUT2D eigenvalue weighted by Crippen LogP contribution is -2.49. The minimum Gasteiger partial charge on any atom is -0.378 e. The van der Waals surface area contributed by atoms with Crippen molar-refractivity contribution in [1.29, 1.82) is 0 Å². The van der Waals surface area contributed by atoms with E-state index in [-0.39, 0.29) is 28.9 Å². The summed E-state index contributed by atoms with van der Waals surface area (Å²) in [6.45, 7) is 2.36. The van der Waals surface area contributed by atoms with Crippen LogP contribution in [-0.2, 0) is 4.79 Å². The van der Waals surface area contributed by atoms with E-state index in [1.54, 1.807) is 0 Å². The highest BCUT2D eigenvalue weighted by Gasteiger charge is 2.20. The molecule has 2 N–H and O–H groups in total. The standard InChI is InChI=1S/C13H13N3O4/c1-8-7-14-11(13(18)15-8)6-12(17)9-3-2-4-10(5-9)16(19)20/h2-6,8,14H,7H2,1H3,(H,15,18). The number of carbonyl (C=O) groups is 2. The number of nitro groups is 1. The fraction of sp³-hybridized carbons (Fsp3) is 0.231. The van der Waals surface area contributed by atoms with Crippen LogP contribution in [0.25, 0.3) is 0 Å². The number of ketones is 1. The molecule has 1 aliphatic heterocycles. The number of non-ortho nitro benzene ring substituents is 1. The van der Waals surface area contributed by atoms with Crippen molar-refractivity contribution in [3.05, 3.63) is 51.7 Å². The van der Waals surface area contributed by atoms with Gasteiger partial charge in [-0.1, -0.05) is 12.1 Å². The van der Waals surface area contributed by atoms with Gasteiger partial charge in [0.05, 0.1) is 4.92 Å². The topological polar surface area (TPSA) is 101 Å². The van der Waals surface area contributed by atoms with Crippen molar-refractivity contribution in [2.45, 2.75) is 13.0 Å². The van der Waals surface area contributed by atoms with Crippen LogP contribution in [0.1, 0.15) is 17.3 Å². The number of nitrogens with one attached hydrogen (secondary N) is 2. The third kappa shape index (κ3) is 3.00. The molecule has 1 atom stereocenters. The number of hydrogen-bond acceptors (Lipinski definition) is 5. The Kier molecular flexibility index (Phi) is 3.79. The Labute approximate surface area is 114 Å². The van der Waals surface area contributed by atoms with Gasteiger partial charge in [-0.15, -0.1) is 0 Å². The molecule has 1 amide bonds. The molecule has 1 aromatic rings. The zero-order chi connectivity index (χ0) is 14.7. The van der Waals surface area contributed by atoms with Gasteiger partial charge < -0.3 is 10.6 Å². The van der Waals surface area contributed by atoms with E-state index in [1.165, 1.54) is 24.3 Å². The molecular formula is C13H13N3O4. The Morgan fingerprint density at radius 1 is 1.50 bits per heavy atom. The van der Waals surface area contributed by atoms with Crippen LogP contribution in [0, 0.1) is 10.1 Å². The van der Waals surface area contributed by atoms with Crippen molar-refractivity contribution in [3.8, 4) is 0 Å². The quantitative estimate of drug-likeness (QED) is 0.367. The summed E-state index contributed by atoms with van der Waals surface area (Å²) in [7, 11) is 0. The van der Waals surface area contributed by atoms with E-state index >= 15 is 0 Å². The monoisotopic (exact) mass is 275 g/mol. The molecule has 0 bridgehead atoms. The lowest BCUT2D eigenvalue weighted by atomic mass is 10.1. The van der Waals surface area contributed by atoms with Gasteiger partial charge in [-0.05, 0) is 6.92 Å². The zero-order valence-electron chi connectivity index (χ0n) is 10.8. The summed E-state index contributed by atoms with van der Waals surface area (Å²) in [6, 6.07) is 5.38. The molecule has 0 spiro atoms. The molecule has 0 aromatic heterocycles. The number of amides is 1. The third-order valence-corrected chi connectivity index (χ3v) is 2.84. The summed E-state index contributed by atoms with van der Waals surface area (Å²) in [6.07, 6.45) is 1.15. The van der Waals surface area contributed by atoms with E-state index in [2.05, 4.69) is 10.6 Å². The van der Waals surface area contributed by atoms with Gasteiger partial charge in [-0.25, -0.2) is 0 Å². The smallest absolute Gasteiger partial charge is 0.270 e. The molecule has 20 heavy (non-hydrogen) atoms. The lowest BCUT2D eigenvalue weighted by Gasteiger charge is -2.23. The first-order valence-electron chi connectivity index (χ1n) is 6.02. The van der Waals surface area contributed by atoms with E-state index in [0.29, 0.717) is 6.54 Å². The van der Waals surface area contributed by atoms with E-state index in [0.717, 1.165) is 6.08 Å². The van der Waals surface area contributed by atoms with Gasteiger partial charge in [0, 0.05) is 36.4 Å². The highest BCUT2D eigenvalue weighted by atomic mass is 16.6. The maximum Gasteiger partial charge on any atom is 0.270 e. The van der Waals surface area contributed by atoms with E-state index in [1.807, 2.05) is 6.92 Å². The second-order valence-corrected chi connectivity index (χ2v) is 4.49. The summed E-state index contributed by atoms with van der Waals surface area (Å²) in [5.41, 5.74) is 0.170. The molecule has 1 unspecified atom stereocenters. The number of hydrogen-bond donors (Lipinski definition) is 2. The van der Waals surface area contributed by atoms with Crippen molar-refractivity contribution in [1.82, 2.24) is 10.6 Å². The average molecular weight is 275 g/mol. The highest BCUT2D eigenvalue weighted by Crippen LogP contribution is 2.14. The average Bonchev–Trinajstić information content (AvgIpc) is 2.42. The molecule has 1 fully saturated rings. The first kappa shape index (κ1) is 13.7. The minimum atomic E-state index is -0.572. The van der Waals surface area contributed by atoms with Gasteiger partial charge >= 0.3 is 0 Å². The Morgan fingerprint density at radius 3 is 2.90 bits per heavy atom. The molecule has 7 nitrogen and oxygen atoms in total. The summed E-state index contributed by atoms with van der Waals surface area (Å²) in [5, 5.41) is 16.2. The molecule has 1 aromatic carbocycles. The number of benzene rings is 1. The molecule has 2 rings (SSSR count). The predicted molar refractivity (Wildman–Crippen MR) is 71.1 cm³/mol. The van der Waals surface area contributed by atoms with Gasteiger partial charge in [0.2, 0.25) is 0 Å². The van der Waals surface area contributed by atoms with E-state index < -0.39 is 10.7 Å². The van der Waals surface area contributed by atoms with Crippen LogP contribution in [0.15, 0.2) is 36.0 Å². The largest absolute Gasteiger partial charge is 0.378 e. The van der Waals surface area contributed by atoms with Gasteiger partial charge in [-0.2, -0.15) is 0 Å². The summed E-state index contributed by atoms with van der Waals surface area (Å²) in [4.78, 5) is 33.7. The van der Waals surface area contributed by atoms with Crippen molar-refractivity contribution >= 4 is 17.4 Å². The summed E-state index contributed by atoms with van der Waals surface area (Å²) >= 11 is 0. The van der Waals surface area contributed by atoms with Crippen LogP contribution >= 0.6 is 0 Å². The van der Waals surface area contributed by atoms with Crippen LogP contribution in [0.2, 0.25) is 0 Å². The second kappa shape index (κ2) is 5.52.